The second-order valence-electron chi connectivity index (χ2n) is 3.84. The number of aryl methyl sites for hydroxylation is 1. The molecule has 0 saturated carbocycles. The number of carboxylic acid groups (broad SMARTS) is 1. The predicted octanol–water partition coefficient (Wildman–Crippen LogP) is 2.50. The van der Waals surface area contributed by atoms with E-state index in [-0.39, 0.29) is 5.56 Å². The molecule has 0 atom stereocenters. The third-order valence-corrected chi connectivity index (χ3v) is 3.99. The summed E-state index contributed by atoms with van der Waals surface area (Å²) in [4.78, 5) is 23.5. The molecule has 1 amide bonds. The van der Waals surface area contributed by atoms with Crippen LogP contribution in [0.2, 0.25) is 0 Å². The summed E-state index contributed by atoms with van der Waals surface area (Å²) in [7, 11) is 1.25. The SMILES string of the molecule is COC(=O)Nc1sc2c(c1C(=O)O)CCCC2. The highest BCUT2D eigenvalue weighted by molar-refractivity contribution is 7.17. The Morgan fingerprint density at radius 3 is 2.71 bits per heavy atom. The van der Waals surface area contributed by atoms with E-state index in [4.69, 9.17) is 0 Å². The molecular formula is C11H13NO4S. The number of thiophene rings is 1. The van der Waals surface area contributed by atoms with Crippen molar-refractivity contribution in [3.8, 4) is 0 Å². The van der Waals surface area contributed by atoms with Crippen molar-refractivity contribution >= 4 is 28.4 Å². The fraction of sp³-hybridized carbons (Fsp3) is 0.455. The largest absolute Gasteiger partial charge is 0.478 e. The van der Waals surface area contributed by atoms with Gasteiger partial charge < -0.3 is 9.84 Å². The molecule has 0 unspecified atom stereocenters. The van der Waals surface area contributed by atoms with Crippen LogP contribution in [0.4, 0.5) is 9.80 Å². The molecule has 0 spiro atoms. The number of rotatable bonds is 2. The van der Waals surface area contributed by atoms with Gasteiger partial charge in [-0.1, -0.05) is 0 Å². The number of nitrogens with one attached hydrogen (secondary N) is 1. The highest BCUT2D eigenvalue weighted by Crippen LogP contribution is 2.38. The first-order valence-corrected chi connectivity index (χ1v) is 6.18. The Morgan fingerprint density at radius 1 is 1.35 bits per heavy atom. The minimum atomic E-state index is -0.990. The molecule has 0 saturated heterocycles. The van der Waals surface area contributed by atoms with E-state index in [2.05, 4.69) is 10.1 Å². The lowest BCUT2D eigenvalue weighted by molar-refractivity contribution is 0.0697. The van der Waals surface area contributed by atoms with Gasteiger partial charge in [0.05, 0.1) is 12.7 Å². The molecule has 5 nitrogen and oxygen atoms in total. The lowest BCUT2D eigenvalue weighted by Crippen LogP contribution is -2.13. The topological polar surface area (TPSA) is 75.6 Å². The van der Waals surface area contributed by atoms with Crippen molar-refractivity contribution < 1.29 is 19.4 Å². The van der Waals surface area contributed by atoms with Gasteiger partial charge in [-0.05, 0) is 31.2 Å². The summed E-state index contributed by atoms with van der Waals surface area (Å²) in [5.74, 6) is -0.990. The second kappa shape index (κ2) is 4.75. The third kappa shape index (κ3) is 2.26. The van der Waals surface area contributed by atoms with Crippen LogP contribution >= 0.6 is 11.3 Å². The van der Waals surface area contributed by atoms with Gasteiger partial charge in [-0.3, -0.25) is 5.32 Å². The Hall–Kier alpha value is -1.56. The van der Waals surface area contributed by atoms with Crippen LogP contribution in [0.1, 0.15) is 33.6 Å². The summed E-state index contributed by atoms with van der Waals surface area (Å²) < 4.78 is 4.48. The van der Waals surface area contributed by atoms with Crippen molar-refractivity contribution in [2.75, 3.05) is 12.4 Å². The quantitative estimate of drug-likeness (QED) is 0.851. The fourth-order valence-electron chi connectivity index (χ4n) is 2.02. The van der Waals surface area contributed by atoms with Gasteiger partial charge in [-0.25, -0.2) is 9.59 Å². The van der Waals surface area contributed by atoms with Crippen LogP contribution in [0.15, 0.2) is 0 Å². The molecule has 1 aromatic rings. The lowest BCUT2D eigenvalue weighted by atomic mass is 9.95. The van der Waals surface area contributed by atoms with Crippen molar-refractivity contribution in [2.45, 2.75) is 25.7 Å². The minimum absolute atomic E-state index is 0.232. The molecule has 1 aliphatic rings. The van der Waals surface area contributed by atoms with Crippen LogP contribution in [-0.4, -0.2) is 24.3 Å². The number of anilines is 1. The summed E-state index contributed by atoms with van der Waals surface area (Å²) in [5.41, 5.74) is 1.11. The molecule has 17 heavy (non-hydrogen) atoms. The van der Waals surface area contributed by atoms with Gasteiger partial charge in [0.25, 0.3) is 0 Å². The number of methoxy groups -OCH3 is 1. The zero-order chi connectivity index (χ0) is 12.4. The minimum Gasteiger partial charge on any atom is -0.478 e. The van der Waals surface area contributed by atoms with E-state index in [0.29, 0.717) is 5.00 Å². The predicted molar refractivity (Wildman–Crippen MR) is 63.9 cm³/mol. The van der Waals surface area contributed by atoms with Gasteiger partial charge in [-0.2, -0.15) is 0 Å². The molecule has 0 bridgehead atoms. The van der Waals surface area contributed by atoms with Gasteiger partial charge in [0.1, 0.15) is 5.00 Å². The number of aromatic carboxylic acids is 1. The van der Waals surface area contributed by atoms with Crippen LogP contribution < -0.4 is 5.32 Å². The van der Waals surface area contributed by atoms with Crippen molar-refractivity contribution in [1.82, 2.24) is 0 Å². The van der Waals surface area contributed by atoms with Gasteiger partial charge in [0.2, 0.25) is 0 Å². The Kier molecular flexibility index (Phi) is 3.33. The summed E-state index contributed by atoms with van der Waals surface area (Å²) in [6.45, 7) is 0. The van der Waals surface area contributed by atoms with Gasteiger partial charge in [-0.15, -0.1) is 11.3 Å². The molecule has 0 aliphatic heterocycles. The van der Waals surface area contributed by atoms with Gasteiger partial charge in [0, 0.05) is 4.88 Å². The van der Waals surface area contributed by atoms with E-state index in [1.165, 1.54) is 18.4 Å². The lowest BCUT2D eigenvalue weighted by Gasteiger charge is -2.10. The molecular weight excluding hydrogens is 242 g/mol. The first-order chi connectivity index (χ1) is 8.13. The van der Waals surface area contributed by atoms with Crippen molar-refractivity contribution in [3.63, 3.8) is 0 Å². The smallest absolute Gasteiger partial charge is 0.411 e. The van der Waals surface area contributed by atoms with Gasteiger partial charge in [0.15, 0.2) is 0 Å². The molecule has 1 aromatic heterocycles. The molecule has 2 N–H and O–H groups in total. The molecule has 0 fully saturated rings. The fourth-order valence-corrected chi connectivity index (χ4v) is 3.29. The Labute approximate surface area is 102 Å². The highest BCUT2D eigenvalue weighted by Gasteiger charge is 2.25. The van der Waals surface area contributed by atoms with E-state index in [9.17, 15) is 14.7 Å². The first kappa shape index (κ1) is 11.9. The average molecular weight is 255 g/mol. The maximum Gasteiger partial charge on any atom is 0.411 e. The second-order valence-corrected chi connectivity index (χ2v) is 4.94. The van der Waals surface area contributed by atoms with E-state index < -0.39 is 12.1 Å². The summed E-state index contributed by atoms with van der Waals surface area (Å²) in [6, 6.07) is 0. The Balaban J connectivity index is 2.40. The standard InChI is InChI=1S/C11H13NO4S/c1-16-11(15)12-9-8(10(13)14)6-4-2-3-5-7(6)17-9/h2-5H2,1H3,(H,12,15)(H,13,14). The number of ether oxygens (including phenoxy) is 1. The number of hydrogen-bond donors (Lipinski definition) is 2. The van der Waals surface area contributed by atoms with E-state index >= 15 is 0 Å². The number of fused-ring (bicyclic) bond motifs is 1. The molecule has 6 heteroatoms. The first-order valence-electron chi connectivity index (χ1n) is 5.36. The van der Waals surface area contributed by atoms with Crippen molar-refractivity contribution in [2.24, 2.45) is 0 Å². The van der Waals surface area contributed by atoms with Crippen LogP contribution in [0.3, 0.4) is 0 Å². The average Bonchev–Trinajstić information content (AvgIpc) is 2.66. The van der Waals surface area contributed by atoms with Crippen LogP contribution in [0, 0.1) is 0 Å². The normalized spacial score (nSPS) is 13.9. The van der Waals surface area contributed by atoms with Crippen molar-refractivity contribution in [3.05, 3.63) is 16.0 Å². The highest BCUT2D eigenvalue weighted by atomic mass is 32.1. The zero-order valence-electron chi connectivity index (χ0n) is 9.41. The number of hydrogen-bond acceptors (Lipinski definition) is 4. The number of carboxylic acids is 1. The maximum absolute atomic E-state index is 11.2. The van der Waals surface area contributed by atoms with Crippen LogP contribution in [0.25, 0.3) is 0 Å². The van der Waals surface area contributed by atoms with Crippen LogP contribution in [-0.2, 0) is 17.6 Å². The number of carbonyl (C=O) groups is 2. The number of carbonyl (C=O) groups excluding carboxylic acids is 1. The van der Waals surface area contributed by atoms with E-state index in [1.54, 1.807) is 0 Å². The number of amides is 1. The van der Waals surface area contributed by atoms with Crippen molar-refractivity contribution in [1.29, 1.82) is 0 Å². The zero-order valence-corrected chi connectivity index (χ0v) is 10.2. The molecule has 0 radical (unpaired) electrons. The molecule has 2 rings (SSSR count). The maximum atomic E-state index is 11.2. The Bertz CT molecular complexity index is 466. The van der Waals surface area contributed by atoms with E-state index in [1.807, 2.05) is 0 Å². The summed E-state index contributed by atoms with van der Waals surface area (Å²) in [6.07, 6.45) is 3.11. The van der Waals surface area contributed by atoms with Gasteiger partial charge >= 0.3 is 12.1 Å². The summed E-state index contributed by atoms with van der Waals surface area (Å²) >= 11 is 1.34. The molecule has 92 valence electrons. The monoisotopic (exact) mass is 255 g/mol. The Morgan fingerprint density at radius 2 is 2.06 bits per heavy atom. The summed E-state index contributed by atoms with van der Waals surface area (Å²) in [5, 5.41) is 12.1. The molecule has 1 aliphatic carbocycles. The third-order valence-electron chi connectivity index (χ3n) is 2.79. The van der Waals surface area contributed by atoms with E-state index in [0.717, 1.165) is 36.1 Å². The molecule has 0 aromatic carbocycles. The molecule has 1 heterocycles. The van der Waals surface area contributed by atoms with Crippen LogP contribution in [0.5, 0.6) is 0 Å².